The van der Waals surface area contributed by atoms with Crippen molar-refractivity contribution in [1.82, 2.24) is 30.8 Å². The fraction of sp³-hybridized carbons (Fsp3) is 0.214. The number of hydrogen-bond donors (Lipinski definition) is 2. The standard InChI is InChI=1S/C27H21FN6O5S2.CH4/c1-27(25(35)31-26(36)32-27)12-21-33-34-23(39-21)22(41(37,38)14-15-5-3-2-4-6-15)24-30-18-9-7-16(11-19(18)40-24)17-8-10-20(28)29-13-17;/h2-11,13,22H,12,14H2,1H3,(H2,31,32,35,36);1H4. The maximum Gasteiger partial charge on any atom is 0.322 e. The van der Waals surface area contributed by atoms with Gasteiger partial charge in [-0.15, -0.1) is 21.5 Å². The summed E-state index contributed by atoms with van der Waals surface area (Å²) < 4.78 is 47.6. The van der Waals surface area contributed by atoms with Crippen LogP contribution in [0.3, 0.4) is 0 Å². The lowest BCUT2D eigenvalue weighted by atomic mass is 9.98. The molecule has 11 nitrogen and oxygen atoms in total. The first-order valence-corrected chi connectivity index (χ1v) is 14.9. The summed E-state index contributed by atoms with van der Waals surface area (Å²) in [6, 6.07) is 16.3. The van der Waals surface area contributed by atoms with Gasteiger partial charge in [0.25, 0.3) is 5.91 Å². The third-order valence-electron chi connectivity index (χ3n) is 6.59. The summed E-state index contributed by atoms with van der Waals surface area (Å²) in [7, 11) is -3.99. The van der Waals surface area contributed by atoms with Gasteiger partial charge in [0, 0.05) is 11.8 Å². The van der Waals surface area contributed by atoms with E-state index in [2.05, 4.69) is 30.8 Å². The van der Waals surface area contributed by atoms with Gasteiger partial charge in [-0.05, 0) is 42.3 Å². The van der Waals surface area contributed by atoms with Crippen molar-refractivity contribution in [3.05, 3.63) is 95.2 Å². The van der Waals surface area contributed by atoms with Gasteiger partial charge in [-0.25, -0.2) is 23.2 Å². The number of rotatable bonds is 8. The molecule has 2 aromatic carbocycles. The molecule has 216 valence electrons. The van der Waals surface area contributed by atoms with E-state index in [9.17, 15) is 22.4 Å². The molecule has 0 aliphatic carbocycles. The highest BCUT2D eigenvalue weighted by atomic mass is 32.2. The van der Waals surface area contributed by atoms with Crippen LogP contribution in [0.5, 0.6) is 0 Å². The molecular formula is C28H25FN6O5S2. The number of hydrogen-bond acceptors (Lipinski definition) is 10. The van der Waals surface area contributed by atoms with Gasteiger partial charge in [0.2, 0.25) is 17.7 Å². The van der Waals surface area contributed by atoms with Crippen LogP contribution in [-0.4, -0.2) is 46.1 Å². The molecule has 6 rings (SSSR count). The smallest absolute Gasteiger partial charge is 0.322 e. The number of nitrogens with one attached hydrogen (secondary N) is 2. The average Bonchev–Trinajstić information content (AvgIpc) is 3.61. The third kappa shape index (κ3) is 5.63. The van der Waals surface area contributed by atoms with Crippen LogP contribution < -0.4 is 10.6 Å². The highest BCUT2D eigenvalue weighted by molar-refractivity contribution is 7.91. The van der Waals surface area contributed by atoms with E-state index in [0.29, 0.717) is 21.3 Å². The molecule has 2 unspecified atom stereocenters. The zero-order valence-electron chi connectivity index (χ0n) is 21.4. The quantitative estimate of drug-likeness (QED) is 0.193. The zero-order valence-corrected chi connectivity index (χ0v) is 23.0. The Labute approximate surface area is 244 Å². The summed E-state index contributed by atoms with van der Waals surface area (Å²) in [5.74, 6) is -1.69. The Morgan fingerprint density at radius 2 is 1.81 bits per heavy atom. The summed E-state index contributed by atoms with van der Waals surface area (Å²) in [5.41, 5.74) is 1.24. The van der Waals surface area contributed by atoms with Crippen LogP contribution in [0.15, 0.2) is 71.3 Å². The fourth-order valence-electron chi connectivity index (χ4n) is 4.53. The lowest BCUT2D eigenvalue weighted by molar-refractivity contribution is -0.123. The summed E-state index contributed by atoms with van der Waals surface area (Å²) >= 11 is 1.16. The highest BCUT2D eigenvalue weighted by Crippen LogP contribution is 2.38. The summed E-state index contributed by atoms with van der Waals surface area (Å²) in [6.07, 6.45) is 1.27. The number of pyridine rings is 1. The molecule has 5 aromatic rings. The van der Waals surface area contributed by atoms with E-state index in [1.54, 1.807) is 48.5 Å². The Bertz CT molecular complexity index is 1890. The first-order valence-electron chi connectivity index (χ1n) is 12.3. The average molecular weight is 609 g/mol. The Hall–Kier alpha value is -4.56. The summed E-state index contributed by atoms with van der Waals surface area (Å²) in [6.45, 7) is 1.50. The van der Waals surface area contributed by atoms with Crippen molar-refractivity contribution in [2.45, 2.75) is 37.3 Å². The number of urea groups is 1. The second kappa shape index (κ2) is 11.0. The molecule has 3 amide bonds. The van der Waals surface area contributed by atoms with Gasteiger partial charge in [-0.3, -0.25) is 10.1 Å². The van der Waals surface area contributed by atoms with Crippen LogP contribution in [0.1, 0.15) is 42.0 Å². The molecule has 2 atom stereocenters. The number of carbonyl (C=O) groups excluding carboxylic acids is 2. The predicted octanol–water partition coefficient (Wildman–Crippen LogP) is 4.36. The third-order valence-corrected chi connectivity index (χ3v) is 9.70. The van der Waals surface area contributed by atoms with Crippen molar-refractivity contribution in [3.63, 3.8) is 0 Å². The van der Waals surface area contributed by atoms with Gasteiger partial charge in [0.05, 0.1) is 22.4 Å². The molecule has 0 radical (unpaired) electrons. The number of fused-ring (bicyclic) bond motifs is 1. The van der Waals surface area contributed by atoms with E-state index in [-0.39, 0.29) is 36.4 Å². The Morgan fingerprint density at radius 1 is 1.05 bits per heavy atom. The molecule has 42 heavy (non-hydrogen) atoms. The summed E-state index contributed by atoms with van der Waals surface area (Å²) in [5, 5.41) is 11.5. The first-order chi connectivity index (χ1) is 19.6. The van der Waals surface area contributed by atoms with Crippen LogP contribution >= 0.6 is 11.3 Å². The van der Waals surface area contributed by atoms with Crippen LogP contribution in [-0.2, 0) is 26.8 Å². The second-order valence-corrected chi connectivity index (χ2v) is 12.9. The number of carbonyl (C=O) groups is 2. The Morgan fingerprint density at radius 3 is 2.50 bits per heavy atom. The van der Waals surface area contributed by atoms with Crippen LogP contribution in [0.4, 0.5) is 9.18 Å². The Balaban J connectivity index is 0.00000353. The maximum absolute atomic E-state index is 13.9. The lowest BCUT2D eigenvalue weighted by Gasteiger charge is -2.17. The van der Waals surface area contributed by atoms with Gasteiger partial charge < -0.3 is 9.73 Å². The molecule has 0 spiro atoms. The minimum atomic E-state index is -3.99. The van der Waals surface area contributed by atoms with Crippen LogP contribution in [0.2, 0.25) is 0 Å². The van der Waals surface area contributed by atoms with Crippen molar-refractivity contribution in [1.29, 1.82) is 0 Å². The molecule has 14 heteroatoms. The zero-order chi connectivity index (χ0) is 28.8. The van der Waals surface area contributed by atoms with Gasteiger partial charge >= 0.3 is 6.03 Å². The van der Waals surface area contributed by atoms with Crippen molar-refractivity contribution in [2.75, 3.05) is 0 Å². The predicted molar refractivity (Wildman–Crippen MR) is 154 cm³/mol. The van der Waals surface area contributed by atoms with E-state index in [1.807, 2.05) is 6.07 Å². The number of imide groups is 1. The van der Waals surface area contributed by atoms with Crippen molar-refractivity contribution in [2.24, 2.45) is 0 Å². The normalized spacial score (nSPS) is 17.5. The van der Waals surface area contributed by atoms with E-state index in [1.165, 1.54) is 19.2 Å². The minimum Gasteiger partial charge on any atom is -0.423 e. The number of thiazole rings is 1. The van der Waals surface area contributed by atoms with Crippen molar-refractivity contribution < 1.29 is 26.8 Å². The molecule has 3 aromatic heterocycles. The molecule has 0 bridgehead atoms. The lowest BCUT2D eigenvalue weighted by Crippen LogP contribution is -2.45. The molecule has 1 aliphatic heterocycles. The maximum atomic E-state index is 13.9. The number of aromatic nitrogens is 4. The fourth-order valence-corrected chi connectivity index (χ4v) is 7.69. The van der Waals surface area contributed by atoms with E-state index >= 15 is 0 Å². The number of amides is 3. The van der Waals surface area contributed by atoms with Gasteiger partial charge in [-0.2, -0.15) is 4.39 Å². The highest BCUT2D eigenvalue weighted by Gasteiger charge is 2.44. The van der Waals surface area contributed by atoms with Crippen molar-refractivity contribution >= 4 is 43.3 Å². The number of benzene rings is 2. The number of halogens is 1. The van der Waals surface area contributed by atoms with Gasteiger partial charge in [0.1, 0.15) is 10.5 Å². The molecule has 2 N–H and O–H groups in total. The molecule has 1 aliphatic rings. The molecular weight excluding hydrogens is 583 g/mol. The monoisotopic (exact) mass is 608 g/mol. The van der Waals surface area contributed by atoms with Crippen molar-refractivity contribution in [3.8, 4) is 11.1 Å². The molecule has 0 saturated carbocycles. The van der Waals surface area contributed by atoms with Crippen LogP contribution in [0.25, 0.3) is 21.3 Å². The van der Waals surface area contributed by atoms with Crippen LogP contribution in [0, 0.1) is 5.95 Å². The minimum absolute atomic E-state index is 0. The van der Waals surface area contributed by atoms with Gasteiger partial charge in [0.15, 0.2) is 15.1 Å². The largest absolute Gasteiger partial charge is 0.423 e. The topological polar surface area (TPSA) is 157 Å². The number of nitrogens with zero attached hydrogens (tertiary/aromatic N) is 4. The van der Waals surface area contributed by atoms with E-state index in [0.717, 1.165) is 16.9 Å². The molecule has 1 fully saturated rings. The molecule has 4 heterocycles. The second-order valence-electron chi connectivity index (χ2n) is 9.73. The SMILES string of the molecule is C.CC1(Cc2nnc(C(c3nc4ccc(-c5ccc(F)nc5)cc4s3)S(=O)(=O)Cc3ccccc3)o2)NC(=O)NC1=O. The van der Waals surface area contributed by atoms with E-state index in [4.69, 9.17) is 4.42 Å². The number of sulfone groups is 1. The van der Waals surface area contributed by atoms with E-state index < -0.39 is 38.5 Å². The summed E-state index contributed by atoms with van der Waals surface area (Å²) in [4.78, 5) is 32.2. The molecule has 1 saturated heterocycles. The Kier molecular flexibility index (Phi) is 7.60. The van der Waals surface area contributed by atoms with Gasteiger partial charge in [-0.1, -0.05) is 43.8 Å². The first kappa shape index (κ1) is 29.0.